The van der Waals surface area contributed by atoms with Crippen molar-refractivity contribution >= 4 is 28.4 Å². The Morgan fingerprint density at radius 2 is 2.07 bits per heavy atom. The van der Waals surface area contributed by atoms with Crippen LogP contribution in [-0.4, -0.2) is 33.3 Å². The second-order valence-corrected chi connectivity index (χ2v) is 7.65. The Bertz CT molecular complexity index is 965. The molecule has 0 unspecified atom stereocenters. The van der Waals surface area contributed by atoms with Gasteiger partial charge in [-0.05, 0) is 50.6 Å². The summed E-state index contributed by atoms with van der Waals surface area (Å²) in [6, 6.07) is 15.6. The lowest BCUT2D eigenvalue weighted by Crippen LogP contribution is -2.38. The van der Waals surface area contributed by atoms with Crippen LogP contribution in [0.5, 0.6) is 0 Å². The second kappa shape index (κ2) is 7.83. The minimum atomic E-state index is 0.0247. The van der Waals surface area contributed by atoms with Crippen LogP contribution in [0, 0.1) is 5.92 Å². The standard InChI is InChI=1S/C22H24ClN3O/c1-2-26-20-11-4-3-10-19(20)24-21(26)15-25-12-6-8-17(14-25)22(27)16-7-5-9-18(23)13-16/h3-5,7,9-11,13,17H,2,6,8,12,14-15H2,1H3/t17-/m0/s1. The number of para-hydroxylation sites is 2. The number of Topliss-reactive ketones (excluding diaryl/α,β-unsaturated/α-hetero) is 1. The van der Waals surface area contributed by atoms with E-state index in [1.54, 1.807) is 12.1 Å². The molecular weight excluding hydrogens is 358 g/mol. The van der Waals surface area contributed by atoms with Crippen LogP contribution in [0.1, 0.15) is 35.9 Å². The lowest BCUT2D eigenvalue weighted by molar-refractivity contribution is 0.0807. The zero-order chi connectivity index (χ0) is 18.8. The molecule has 2 heterocycles. The van der Waals surface area contributed by atoms with Crippen LogP contribution in [0.25, 0.3) is 11.0 Å². The van der Waals surface area contributed by atoms with Crippen molar-refractivity contribution in [1.82, 2.24) is 14.5 Å². The second-order valence-electron chi connectivity index (χ2n) is 7.21. The Balaban J connectivity index is 1.51. The molecule has 1 atom stereocenters. The van der Waals surface area contributed by atoms with Gasteiger partial charge >= 0.3 is 0 Å². The van der Waals surface area contributed by atoms with E-state index in [0.717, 1.165) is 55.9 Å². The van der Waals surface area contributed by atoms with E-state index < -0.39 is 0 Å². The first-order valence-electron chi connectivity index (χ1n) is 9.62. The van der Waals surface area contributed by atoms with Crippen LogP contribution >= 0.6 is 11.6 Å². The zero-order valence-corrected chi connectivity index (χ0v) is 16.3. The molecule has 0 aliphatic carbocycles. The molecule has 5 heteroatoms. The number of hydrogen-bond donors (Lipinski definition) is 0. The topological polar surface area (TPSA) is 38.1 Å². The number of benzene rings is 2. The maximum Gasteiger partial charge on any atom is 0.167 e. The lowest BCUT2D eigenvalue weighted by Gasteiger charge is -2.31. The number of halogens is 1. The van der Waals surface area contributed by atoms with E-state index in [1.807, 2.05) is 18.2 Å². The van der Waals surface area contributed by atoms with E-state index in [1.165, 1.54) is 5.52 Å². The van der Waals surface area contributed by atoms with Crippen LogP contribution in [0.15, 0.2) is 48.5 Å². The molecule has 2 aromatic carbocycles. The SMILES string of the molecule is CCn1c(CN2CCC[C@H](C(=O)c3cccc(Cl)c3)C2)nc2ccccc21. The molecule has 0 N–H and O–H groups in total. The van der Waals surface area contributed by atoms with Gasteiger partial charge in [0, 0.05) is 29.6 Å². The van der Waals surface area contributed by atoms with Gasteiger partial charge in [-0.3, -0.25) is 9.69 Å². The molecule has 4 nitrogen and oxygen atoms in total. The number of aromatic nitrogens is 2. The number of ketones is 1. The van der Waals surface area contributed by atoms with Crippen molar-refractivity contribution in [2.75, 3.05) is 13.1 Å². The summed E-state index contributed by atoms with van der Waals surface area (Å²) in [6.45, 7) is 5.61. The van der Waals surface area contributed by atoms with Gasteiger partial charge in [0.05, 0.1) is 17.6 Å². The molecule has 1 fully saturated rings. The molecule has 0 radical (unpaired) electrons. The molecular formula is C22H24ClN3O. The van der Waals surface area contributed by atoms with E-state index >= 15 is 0 Å². The molecule has 3 aromatic rings. The van der Waals surface area contributed by atoms with E-state index in [0.29, 0.717) is 5.02 Å². The minimum Gasteiger partial charge on any atom is -0.327 e. The first kappa shape index (κ1) is 18.2. The monoisotopic (exact) mass is 381 g/mol. The largest absolute Gasteiger partial charge is 0.327 e. The summed E-state index contributed by atoms with van der Waals surface area (Å²) in [4.78, 5) is 20.1. The molecule has 1 aromatic heterocycles. The van der Waals surface area contributed by atoms with Gasteiger partial charge in [-0.1, -0.05) is 35.9 Å². The number of nitrogens with zero attached hydrogens (tertiary/aromatic N) is 3. The van der Waals surface area contributed by atoms with Gasteiger partial charge in [0.25, 0.3) is 0 Å². The Kier molecular flexibility index (Phi) is 5.28. The minimum absolute atomic E-state index is 0.0247. The quantitative estimate of drug-likeness (QED) is 0.595. The molecule has 140 valence electrons. The van der Waals surface area contributed by atoms with E-state index in [-0.39, 0.29) is 11.7 Å². The maximum absolute atomic E-state index is 12.9. The smallest absolute Gasteiger partial charge is 0.167 e. The average molecular weight is 382 g/mol. The van der Waals surface area contributed by atoms with Crippen molar-refractivity contribution in [1.29, 1.82) is 0 Å². The molecule has 4 rings (SSSR count). The fourth-order valence-corrected chi connectivity index (χ4v) is 4.28. The van der Waals surface area contributed by atoms with Crippen LogP contribution in [0.3, 0.4) is 0 Å². The number of piperidine rings is 1. The normalized spacial score (nSPS) is 18.1. The van der Waals surface area contributed by atoms with Crippen molar-refractivity contribution in [3.63, 3.8) is 0 Å². The highest BCUT2D eigenvalue weighted by Crippen LogP contribution is 2.24. The lowest BCUT2D eigenvalue weighted by atomic mass is 9.90. The molecule has 0 amide bonds. The van der Waals surface area contributed by atoms with Gasteiger partial charge < -0.3 is 4.57 Å². The van der Waals surface area contributed by atoms with Crippen molar-refractivity contribution in [3.05, 3.63) is 64.9 Å². The molecule has 27 heavy (non-hydrogen) atoms. The summed E-state index contributed by atoms with van der Waals surface area (Å²) in [6.07, 6.45) is 1.97. The van der Waals surface area contributed by atoms with Gasteiger partial charge in [0.1, 0.15) is 5.82 Å². The fraction of sp³-hybridized carbons (Fsp3) is 0.364. The van der Waals surface area contributed by atoms with Gasteiger partial charge in [-0.2, -0.15) is 0 Å². The molecule has 1 aliphatic rings. The third kappa shape index (κ3) is 3.78. The average Bonchev–Trinajstić information content (AvgIpc) is 3.04. The third-order valence-corrected chi connectivity index (χ3v) is 5.64. The molecule has 1 aliphatic heterocycles. The van der Waals surface area contributed by atoms with Gasteiger partial charge in [0.2, 0.25) is 0 Å². The van der Waals surface area contributed by atoms with E-state index in [4.69, 9.17) is 16.6 Å². The summed E-state index contributed by atoms with van der Waals surface area (Å²) in [5.41, 5.74) is 2.94. The maximum atomic E-state index is 12.9. The van der Waals surface area contributed by atoms with Gasteiger partial charge in [0.15, 0.2) is 5.78 Å². The Morgan fingerprint density at radius 3 is 2.89 bits per heavy atom. The highest BCUT2D eigenvalue weighted by Gasteiger charge is 2.27. The number of aryl methyl sites for hydroxylation is 1. The number of fused-ring (bicyclic) bond motifs is 1. The summed E-state index contributed by atoms with van der Waals surface area (Å²) in [7, 11) is 0. The number of carbonyl (C=O) groups excluding carboxylic acids is 1. The summed E-state index contributed by atoms with van der Waals surface area (Å²) < 4.78 is 2.28. The summed E-state index contributed by atoms with van der Waals surface area (Å²) in [5.74, 6) is 1.30. The Morgan fingerprint density at radius 1 is 1.22 bits per heavy atom. The summed E-state index contributed by atoms with van der Waals surface area (Å²) in [5, 5.41) is 0.616. The van der Waals surface area contributed by atoms with Crippen LogP contribution in [-0.2, 0) is 13.1 Å². The first-order chi connectivity index (χ1) is 13.2. The van der Waals surface area contributed by atoms with Crippen molar-refractivity contribution in [3.8, 4) is 0 Å². The van der Waals surface area contributed by atoms with Gasteiger partial charge in [-0.25, -0.2) is 4.98 Å². The fourth-order valence-electron chi connectivity index (χ4n) is 4.09. The number of imidazole rings is 1. The number of likely N-dealkylation sites (tertiary alicyclic amines) is 1. The van der Waals surface area contributed by atoms with Crippen LogP contribution < -0.4 is 0 Å². The van der Waals surface area contributed by atoms with Crippen molar-refractivity contribution in [2.45, 2.75) is 32.9 Å². The predicted molar refractivity (Wildman–Crippen MR) is 109 cm³/mol. The highest BCUT2D eigenvalue weighted by atomic mass is 35.5. The molecule has 0 spiro atoms. The van der Waals surface area contributed by atoms with Crippen LogP contribution in [0.4, 0.5) is 0 Å². The Labute approximate surface area is 164 Å². The number of rotatable bonds is 5. The highest BCUT2D eigenvalue weighted by molar-refractivity contribution is 6.31. The van der Waals surface area contributed by atoms with Gasteiger partial charge in [-0.15, -0.1) is 0 Å². The molecule has 0 saturated carbocycles. The first-order valence-corrected chi connectivity index (χ1v) is 9.99. The number of hydrogen-bond acceptors (Lipinski definition) is 3. The third-order valence-electron chi connectivity index (χ3n) is 5.40. The van der Waals surface area contributed by atoms with Crippen molar-refractivity contribution in [2.24, 2.45) is 5.92 Å². The molecule has 0 bridgehead atoms. The zero-order valence-electron chi connectivity index (χ0n) is 15.6. The molecule has 1 saturated heterocycles. The van der Waals surface area contributed by atoms with E-state index in [2.05, 4.69) is 34.6 Å². The van der Waals surface area contributed by atoms with Crippen LogP contribution in [0.2, 0.25) is 5.02 Å². The van der Waals surface area contributed by atoms with E-state index in [9.17, 15) is 4.79 Å². The van der Waals surface area contributed by atoms with Crippen molar-refractivity contribution < 1.29 is 4.79 Å². The summed E-state index contributed by atoms with van der Waals surface area (Å²) >= 11 is 6.06. The number of carbonyl (C=O) groups is 1. The predicted octanol–water partition coefficient (Wildman–Crippen LogP) is 4.80. The Hall–Kier alpha value is -2.17.